The van der Waals surface area contributed by atoms with Crippen LogP contribution in [0.3, 0.4) is 0 Å². The van der Waals surface area contributed by atoms with E-state index in [0.717, 1.165) is 27.1 Å². The van der Waals surface area contributed by atoms with E-state index in [1.165, 1.54) is 4.41 Å². The molecule has 0 bridgehead atoms. The van der Waals surface area contributed by atoms with E-state index in [-0.39, 0.29) is 4.90 Å². The lowest BCUT2D eigenvalue weighted by Crippen LogP contribution is -2.27. The van der Waals surface area contributed by atoms with Crippen LogP contribution in [0.1, 0.15) is 23.6 Å². The summed E-state index contributed by atoms with van der Waals surface area (Å²) < 4.78 is 34.1. The van der Waals surface area contributed by atoms with E-state index >= 15 is 0 Å². The number of benzene rings is 3. The molecule has 1 heterocycles. The topological polar surface area (TPSA) is 59.0 Å². The van der Waals surface area contributed by atoms with Gasteiger partial charge >= 0.3 is 0 Å². The SMILES string of the molecule is COc1ccc(C2=NN(S(=O)(=O)c3ccccc3)C(c3ccc(Br)cc3)C2)cc1. The standard InChI is InChI=1S/C22H19BrN2O3S/c1-28-19-13-9-16(10-14-19)21-15-22(17-7-11-18(23)12-8-17)25(24-21)29(26,27)20-5-3-2-4-6-20/h2-14,22H,15H2,1H3. The molecular weight excluding hydrogens is 452 g/mol. The van der Waals surface area contributed by atoms with E-state index in [2.05, 4.69) is 21.0 Å². The zero-order valence-electron chi connectivity index (χ0n) is 15.7. The lowest BCUT2D eigenvalue weighted by Gasteiger charge is -2.23. The van der Waals surface area contributed by atoms with Crippen molar-refractivity contribution in [1.29, 1.82) is 0 Å². The van der Waals surface area contributed by atoms with Crippen LogP contribution >= 0.6 is 15.9 Å². The van der Waals surface area contributed by atoms with E-state index in [4.69, 9.17) is 4.74 Å². The summed E-state index contributed by atoms with van der Waals surface area (Å²) in [7, 11) is -2.18. The zero-order valence-corrected chi connectivity index (χ0v) is 18.1. The molecule has 0 saturated heterocycles. The number of hydrazone groups is 1. The molecule has 0 fully saturated rings. The maximum atomic E-state index is 13.4. The van der Waals surface area contributed by atoms with Gasteiger partial charge in [-0.2, -0.15) is 17.9 Å². The third-order valence-corrected chi connectivity index (χ3v) is 7.06. The lowest BCUT2D eigenvalue weighted by atomic mass is 9.99. The number of hydrogen-bond acceptors (Lipinski definition) is 4. The maximum absolute atomic E-state index is 13.4. The Morgan fingerprint density at radius 3 is 2.24 bits per heavy atom. The van der Waals surface area contributed by atoms with Crippen LogP contribution in [0.5, 0.6) is 5.75 Å². The molecule has 1 atom stereocenters. The van der Waals surface area contributed by atoms with Gasteiger partial charge in [0.05, 0.1) is 23.8 Å². The van der Waals surface area contributed by atoms with E-state index in [1.807, 2.05) is 48.5 Å². The predicted molar refractivity (Wildman–Crippen MR) is 116 cm³/mol. The molecule has 0 radical (unpaired) electrons. The molecule has 148 valence electrons. The minimum Gasteiger partial charge on any atom is -0.497 e. The van der Waals surface area contributed by atoms with Crippen LogP contribution in [0.25, 0.3) is 0 Å². The van der Waals surface area contributed by atoms with Crippen molar-refractivity contribution in [3.05, 3.63) is 94.5 Å². The van der Waals surface area contributed by atoms with E-state index in [1.54, 1.807) is 37.4 Å². The van der Waals surface area contributed by atoms with Crippen LogP contribution in [0, 0.1) is 0 Å². The third-order valence-electron chi connectivity index (χ3n) is 4.84. The van der Waals surface area contributed by atoms with Gasteiger partial charge in [-0.1, -0.05) is 46.3 Å². The molecule has 0 saturated carbocycles. The Hall–Kier alpha value is -2.64. The number of nitrogens with zero attached hydrogens (tertiary/aromatic N) is 2. The highest BCUT2D eigenvalue weighted by molar-refractivity contribution is 9.10. The molecule has 0 amide bonds. The molecule has 5 nitrogen and oxygen atoms in total. The van der Waals surface area contributed by atoms with Gasteiger partial charge in [-0.25, -0.2) is 0 Å². The summed E-state index contributed by atoms with van der Waals surface area (Å²) >= 11 is 3.44. The number of halogens is 1. The molecule has 3 aromatic rings. The van der Waals surface area contributed by atoms with Crippen molar-refractivity contribution in [3.8, 4) is 5.75 Å². The molecule has 4 rings (SSSR count). The van der Waals surface area contributed by atoms with Crippen molar-refractivity contribution in [2.24, 2.45) is 5.10 Å². The number of hydrogen-bond donors (Lipinski definition) is 0. The summed E-state index contributed by atoms with van der Waals surface area (Å²) in [5.41, 5.74) is 2.48. The highest BCUT2D eigenvalue weighted by Crippen LogP contribution is 2.37. The minimum atomic E-state index is -3.79. The summed E-state index contributed by atoms with van der Waals surface area (Å²) in [4.78, 5) is 0.224. The third kappa shape index (κ3) is 3.93. The van der Waals surface area contributed by atoms with Crippen LogP contribution in [-0.2, 0) is 10.0 Å². The van der Waals surface area contributed by atoms with Gasteiger partial charge in [-0.15, -0.1) is 0 Å². The number of rotatable bonds is 5. The lowest BCUT2D eigenvalue weighted by molar-refractivity contribution is 0.371. The largest absolute Gasteiger partial charge is 0.497 e. The quantitative estimate of drug-likeness (QED) is 0.527. The Balaban J connectivity index is 1.77. The highest BCUT2D eigenvalue weighted by atomic mass is 79.9. The first kappa shape index (κ1) is 19.7. The molecule has 0 aliphatic carbocycles. The van der Waals surface area contributed by atoms with Crippen LogP contribution in [0.4, 0.5) is 0 Å². The van der Waals surface area contributed by atoms with Gasteiger partial charge in [0.2, 0.25) is 0 Å². The van der Waals surface area contributed by atoms with Crippen LogP contribution in [-0.4, -0.2) is 25.7 Å². The van der Waals surface area contributed by atoms with Crippen molar-refractivity contribution in [3.63, 3.8) is 0 Å². The fourth-order valence-corrected chi connectivity index (χ4v) is 5.02. The van der Waals surface area contributed by atoms with E-state index in [0.29, 0.717) is 6.42 Å². The Labute approximate surface area is 178 Å². The molecule has 1 aliphatic heterocycles. The molecule has 29 heavy (non-hydrogen) atoms. The van der Waals surface area contributed by atoms with Gasteiger partial charge in [0, 0.05) is 10.9 Å². The average molecular weight is 471 g/mol. The molecule has 0 spiro atoms. The maximum Gasteiger partial charge on any atom is 0.279 e. The van der Waals surface area contributed by atoms with Crippen molar-refractivity contribution >= 4 is 31.7 Å². The summed E-state index contributed by atoms with van der Waals surface area (Å²) in [6.45, 7) is 0. The van der Waals surface area contributed by atoms with Gasteiger partial charge in [0.25, 0.3) is 10.0 Å². The second-order valence-electron chi connectivity index (χ2n) is 6.64. The highest BCUT2D eigenvalue weighted by Gasteiger charge is 2.37. The van der Waals surface area contributed by atoms with Crippen molar-refractivity contribution in [2.45, 2.75) is 17.4 Å². The first-order chi connectivity index (χ1) is 14.0. The number of sulfonamides is 1. The van der Waals surface area contributed by atoms with Gasteiger partial charge in [0.15, 0.2) is 0 Å². The minimum absolute atomic E-state index is 0.224. The van der Waals surface area contributed by atoms with Gasteiger partial charge in [-0.05, 0) is 59.7 Å². The Morgan fingerprint density at radius 2 is 1.62 bits per heavy atom. The Bertz CT molecular complexity index is 1130. The normalized spacial score (nSPS) is 16.6. The van der Waals surface area contributed by atoms with Crippen molar-refractivity contribution in [1.82, 2.24) is 4.41 Å². The second-order valence-corrected chi connectivity index (χ2v) is 9.35. The monoisotopic (exact) mass is 470 g/mol. The summed E-state index contributed by atoms with van der Waals surface area (Å²) in [6.07, 6.45) is 0.486. The van der Waals surface area contributed by atoms with Crippen molar-refractivity contribution in [2.75, 3.05) is 7.11 Å². The fourth-order valence-electron chi connectivity index (χ4n) is 3.30. The number of ether oxygens (including phenoxy) is 1. The van der Waals surface area contributed by atoms with Crippen LogP contribution in [0.15, 0.2) is 93.3 Å². The Morgan fingerprint density at radius 1 is 0.966 bits per heavy atom. The Kier molecular flexibility index (Phi) is 5.43. The molecule has 3 aromatic carbocycles. The zero-order chi connectivity index (χ0) is 20.4. The van der Waals surface area contributed by atoms with Crippen molar-refractivity contribution < 1.29 is 13.2 Å². The fraction of sp³-hybridized carbons (Fsp3) is 0.136. The summed E-state index contributed by atoms with van der Waals surface area (Å²) in [5.74, 6) is 0.741. The van der Waals surface area contributed by atoms with Gasteiger partial charge in [0.1, 0.15) is 5.75 Å². The summed E-state index contributed by atoms with van der Waals surface area (Å²) in [6, 6.07) is 23.2. The molecule has 1 unspecified atom stereocenters. The molecule has 0 aromatic heterocycles. The van der Waals surface area contributed by atoms with Crippen LogP contribution < -0.4 is 4.74 Å². The summed E-state index contributed by atoms with van der Waals surface area (Å²) in [5, 5.41) is 4.55. The van der Waals surface area contributed by atoms with E-state index < -0.39 is 16.1 Å². The smallest absolute Gasteiger partial charge is 0.279 e. The predicted octanol–water partition coefficient (Wildman–Crippen LogP) is 5.00. The van der Waals surface area contributed by atoms with Crippen LogP contribution in [0.2, 0.25) is 0 Å². The molecule has 7 heteroatoms. The van der Waals surface area contributed by atoms with Gasteiger partial charge < -0.3 is 4.74 Å². The first-order valence-corrected chi connectivity index (χ1v) is 11.3. The number of methoxy groups -OCH3 is 1. The average Bonchev–Trinajstić information content (AvgIpc) is 3.21. The molecular formula is C22H19BrN2O3S. The molecule has 1 aliphatic rings. The van der Waals surface area contributed by atoms with Gasteiger partial charge in [-0.3, -0.25) is 0 Å². The first-order valence-electron chi connectivity index (χ1n) is 9.06. The second kappa shape index (κ2) is 8.00. The van der Waals surface area contributed by atoms with E-state index in [9.17, 15) is 8.42 Å². The molecule has 0 N–H and O–H groups in total.